The minimum Gasteiger partial charge on any atom is -0.392 e. The summed E-state index contributed by atoms with van der Waals surface area (Å²) < 4.78 is 26.4. The van der Waals surface area contributed by atoms with Gasteiger partial charge in [-0.15, -0.1) is 0 Å². The van der Waals surface area contributed by atoms with Crippen molar-refractivity contribution in [1.82, 2.24) is 9.80 Å². The van der Waals surface area contributed by atoms with Crippen LogP contribution in [0.3, 0.4) is 0 Å². The Morgan fingerprint density at radius 3 is 2.47 bits per heavy atom. The van der Waals surface area contributed by atoms with E-state index in [-0.39, 0.29) is 24.4 Å². The number of rotatable bonds is 1. The molecule has 2 fully saturated rings. The van der Waals surface area contributed by atoms with Crippen LogP contribution in [0.4, 0.5) is 8.78 Å². The summed E-state index contributed by atoms with van der Waals surface area (Å²) in [4.78, 5) is 15.5. The Balaban J connectivity index is 2.10. The Hall–Kier alpha value is -0.750. The average Bonchev–Trinajstić information content (AvgIpc) is 2.80. The van der Waals surface area contributed by atoms with E-state index >= 15 is 0 Å². The van der Waals surface area contributed by atoms with Gasteiger partial charge < -0.3 is 10.0 Å². The standard InChI is InChI=1S/C13H22F2N2O2/c1-12(2,3)17-7-9(18)6-10(17)11(19)16-5-4-13(14,15)8-16/h9-10,18H,4-8H2,1-3H3/t9-,10+/m1/s1. The number of alkyl halides is 2. The van der Waals surface area contributed by atoms with Crippen molar-refractivity contribution in [2.75, 3.05) is 19.6 Å². The molecule has 2 heterocycles. The quantitative estimate of drug-likeness (QED) is 0.779. The molecule has 1 amide bonds. The van der Waals surface area contributed by atoms with Crippen LogP contribution in [0.1, 0.15) is 33.6 Å². The zero-order chi connectivity index (χ0) is 14.4. The van der Waals surface area contributed by atoms with Crippen molar-refractivity contribution in [3.63, 3.8) is 0 Å². The number of β-amino-alcohol motifs (C(OH)–C–C–N with tert-alkyl or cyclic N) is 1. The average molecular weight is 276 g/mol. The van der Waals surface area contributed by atoms with Gasteiger partial charge in [0.25, 0.3) is 5.92 Å². The summed E-state index contributed by atoms with van der Waals surface area (Å²) >= 11 is 0. The van der Waals surface area contributed by atoms with Gasteiger partial charge in [-0.25, -0.2) is 8.78 Å². The first-order chi connectivity index (χ1) is 8.60. The minimum absolute atomic E-state index is 0.108. The number of hydrogen-bond donors (Lipinski definition) is 1. The Morgan fingerprint density at radius 2 is 2.00 bits per heavy atom. The zero-order valence-electron chi connectivity index (χ0n) is 11.7. The lowest BCUT2D eigenvalue weighted by molar-refractivity contribution is -0.138. The first-order valence-corrected chi connectivity index (χ1v) is 6.71. The van der Waals surface area contributed by atoms with Crippen LogP contribution in [0.2, 0.25) is 0 Å². The molecular formula is C13H22F2N2O2. The number of aliphatic hydroxyl groups excluding tert-OH is 1. The molecule has 6 heteroatoms. The van der Waals surface area contributed by atoms with Crippen LogP contribution in [0.5, 0.6) is 0 Å². The lowest BCUT2D eigenvalue weighted by atomic mass is 10.0. The molecule has 0 spiro atoms. The van der Waals surface area contributed by atoms with E-state index in [2.05, 4.69) is 0 Å². The third kappa shape index (κ3) is 3.05. The van der Waals surface area contributed by atoms with Gasteiger partial charge in [0.2, 0.25) is 5.91 Å². The molecule has 1 N–H and O–H groups in total. The van der Waals surface area contributed by atoms with Gasteiger partial charge in [0.15, 0.2) is 0 Å². The van der Waals surface area contributed by atoms with Gasteiger partial charge >= 0.3 is 0 Å². The number of amides is 1. The molecule has 19 heavy (non-hydrogen) atoms. The molecule has 0 bridgehead atoms. The van der Waals surface area contributed by atoms with E-state index in [0.29, 0.717) is 13.0 Å². The summed E-state index contributed by atoms with van der Waals surface area (Å²) in [7, 11) is 0. The smallest absolute Gasteiger partial charge is 0.267 e. The van der Waals surface area contributed by atoms with E-state index in [1.165, 1.54) is 4.90 Å². The van der Waals surface area contributed by atoms with E-state index in [0.717, 1.165) is 0 Å². The fourth-order valence-corrected chi connectivity index (χ4v) is 2.92. The molecule has 2 aliphatic rings. The molecular weight excluding hydrogens is 254 g/mol. The fourth-order valence-electron chi connectivity index (χ4n) is 2.92. The summed E-state index contributed by atoms with van der Waals surface area (Å²) in [6.07, 6.45) is -0.488. The Morgan fingerprint density at radius 1 is 1.37 bits per heavy atom. The maximum absolute atomic E-state index is 13.2. The minimum atomic E-state index is -2.76. The predicted molar refractivity (Wildman–Crippen MR) is 67.0 cm³/mol. The molecule has 0 saturated carbocycles. The van der Waals surface area contributed by atoms with Gasteiger partial charge in [-0.2, -0.15) is 0 Å². The molecule has 0 unspecified atom stereocenters. The van der Waals surface area contributed by atoms with Gasteiger partial charge in [-0.1, -0.05) is 0 Å². The number of likely N-dealkylation sites (tertiary alicyclic amines) is 2. The first-order valence-electron chi connectivity index (χ1n) is 6.71. The monoisotopic (exact) mass is 276 g/mol. The summed E-state index contributed by atoms with van der Waals surface area (Å²) in [5.41, 5.74) is -0.264. The van der Waals surface area contributed by atoms with Crippen molar-refractivity contribution in [2.45, 2.75) is 57.2 Å². The van der Waals surface area contributed by atoms with E-state index in [9.17, 15) is 18.7 Å². The second kappa shape index (κ2) is 4.66. The molecule has 2 aliphatic heterocycles. The van der Waals surface area contributed by atoms with Crippen LogP contribution >= 0.6 is 0 Å². The third-order valence-corrected chi connectivity index (χ3v) is 3.91. The topological polar surface area (TPSA) is 43.8 Å². The van der Waals surface area contributed by atoms with Crippen molar-refractivity contribution in [3.8, 4) is 0 Å². The molecule has 0 aliphatic carbocycles. The maximum Gasteiger partial charge on any atom is 0.267 e. The van der Waals surface area contributed by atoms with E-state index in [1.807, 2.05) is 25.7 Å². The van der Waals surface area contributed by atoms with Crippen molar-refractivity contribution in [1.29, 1.82) is 0 Å². The molecule has 0 aromatic heterocycles. The Bertz CT molecular complexity index is 368. The number of halogens is 2. The maximum atomic E-state index is 13.2. The van der Waals surface area contributed by atoms with Crippen LogP contribution in [-0.2, 0) is 4.79 Å². The fraction of sp³-hybridized carbons (Fsp3) is 0.923. The Labute approximate surface area is 112 Å². The first kappa shape index (κ1) is 14.7. The molecule has 2 rings (SSSR count). The van der Waals surface area contributed by atoms with Crippen LogP contribution in [0.25, 0.3) is 0 Å². The molecule has 0 aromatic rings. The molecule has 110 valence electrons. The number of hydrogen-bond acceptors (Lipinski definition) is 3. The van der Waals surface area contributed by atoms with E-state index in [1.54, 1.807) is 0 Å². The van der Waals surface area contributed by atoms with Crippen LogP contribution in [0.15, 0.2) is 0 Å². The van der Waals surface area contributed by atoms with Crippen molar-refractivity contribution in [2.24, 2.45) is 0 Å². The zero-order valence-corrected chi connectivity index (χ0v) is 11.7. The van der Waals surface area contributed by atoms with Gasteiger partial charge in [-0.05, 0) is 27.2 Å². The van der Waals surface area contributed by atoms with Crippen molar-refractivity contribution >= 4 is 5.91 Å². The van der Waals surface area contributed by atoms with Gasteiger partial charge in [0.1, 0.15) is 0 Å². The largest absolute Gasteiger partial charge is 0.392 e. The van der Waals surface area contributed by atoms with Crippen LogP contribution in [-0.4, -0.2) is 64.1 Å². The summed E-state index contributed by atoms with van der Waals surface area (Å²) in [5, 5.41) is 9.77. The number of carbonyl (C=O) groups excluding carboxylic acids is 1. The van der Waals surface area contributed by atoms with E-state index in [4.69, 9.17) is 0 Å². The second-order valence-electron chi connectivity index (χ2n) is 6.59. The molecule has 4 nitrogen and oxygen atoms in total. The molecule has 0 radical (unpaired) electrons. The molecule has 0 aromatic carbocycles. The van der Waals surface area contributed by atoms with Crippen LogP contribution in [0, 0.1) is 0 Å². The predicted octanol–water partition coefficient (Wildman–Crippen LogP) is 1.09. The normalized spacial score (nSPS) is 32.0. The highest BCUT2D eigenvalue weighted by atomic mass is 19.3. The highest BCUT2D eigenvalue weighted by Crippen LogP contribution is 2.32. The lowest BCUT2D eigenvalue weighted by Crippen LogP contribution is -2.52. The SMILES string of the molecule is CC(C)(C)N1C[C@H](O)C[C@H]1C(=O)N1CCC(F)(F)C1. The van der Waals surface area contributed by atoms with Crippen molar-refractivity contribution in [3.05, 3.63) is 0 Å². The van der Waals surface area contributed by atoms with Gasteiger partial charge in [0.05, 0.1) is 18.7 Å². The number of nitrogens with zero attached hydrogens (tertiary/aromatic N) is 2. The highest BCUT2D eigenvalue weighted by molar-refractivity contribution is 5.82. The second-order valence-corrected chi connectivity index (χ2v) is 6.59. The summed E-state index contributed by atoms with van der Waals surface area (Å²) in [6.45, 7) is 5.93. The number of aliphatic hydroxyl groups is 1. The Kier molecular flexibility index (Phi) is 3.60. The van der Waals surface area contributed by atoms with Crippen LogP contribution < -0.4 is 0 Å². The van der Waals surface area contributed by atoms with Gasteiger partial charge in [-0.3, -0.25) is 9.69 Å². The third-order valence-electron chi connectivity index (χ3n) is 3.91. The van der Waals surface area contributed by atoms with E-state index < -0.39 is 24.6 Å². The van der Waals surface area contributed by atoms with Crippen molar-refractivity contribution < 1.29 is 18.7 Å². The number of carbonyl (C=O) groups is 1. The summed E-state index contributed by atoms with van der Waals surface area (Å²) in [6, 6.07) is -0.483. The molecule has 2 saturated heterocycles. The summed E-state index contributed by atoms with van der Waals surface area (Å²) in [5.74, 6) is -3.04. The lowest BCUT2D eigenvalue weighted by Gasteiger charge is -2.37. The molecule has 2 atom stereocenters. The van der Waals surface area contributed by atoms with Gasteiger partial charge in [0, 0.05) is 25.0 Å². The highest BCUT2D eigenvalue weighted by Gasteiger charge is 2.47.